The van der Waals surface area contributed by atoms with Gasteiger partial charge in [-0.3, -0.25) is 0 Å². The predicted molar refractivity (Wildman–Crippen MR) is 61.1 cm³/mol. The molecule has 0 saturated carbocycles. The summed E-state index contributed by atoms with van der Waals surface area (Å²) in [5.74, 6) is 0.646. The zero-order valence-corrected chi connectivity index (χ0v) is 9.75. The first-order valence-corrected chi connectivity index (χ1v) is 5.41. The monoisotopic (exact) mass is 229 g/mol. The van der Waals surface area contributed by atoms with Crippen molar-refractivity contribution in [1.29, 1.82) is 0 Å². The summed E-state index contributed by atoms with van der Waals surface area (Å²) in [5, 5.41) is 12.8. The van der Waals surface area contributed by atoms with Gasteiger partial charge in [0.05, 0.1) is 12.1 Å². The average Bonchev–Trinajstić information content (AvgIpc) is 2.26. The molecule has 0 fully saturated rings. The van der Waals surface area contributed by atoms with E-state index in [0.717, 1.165) is 12.8 Å². The second-order valence-electron chi connectivity index (χ2n) is 3.48. The quantitative estimate of drug-likeness (QED) is 0.760. The molecule has 1 rings (SSSR count). The highest BCUT2D eigenvalue weighted by atomic mass is 35.5. The van der Waals surface area contributed by atoms with Crippen LogP contribution in [0.4, 0.5) is 5.82 Å². The van der Waals surface area contributed by atoms with Crippen molar-refractivity contribution in [2.24, 2.45) is 0 Å². The minimum atomic E-state index is -0.322. The molecule has 0 aromatic carbocycles. The van der Waals surface area contributed by atoms with Crippen LogP contribution >= 0.6 is 11.6 Å². The number of anilines is 1. The topological polar surface area (TPSA) is 58.0 Å². The fourth-order valence-electron chi connectivity index (χ4n) is 1.37. The summed E-state index contributed by atoms with van der Waals surface area (Å²) in [5.41, 5.74) is -0.322. The molecule has 1 heterocycles. The van der Waals surface area contributed by atoms with Crippen molar-refractivity contribution in [1.82, 2.24) is 9.97 Å². The smallest absolute Gasteiger partial charge is 0.224 e. The van der Waals surface area contributed by atoms with Crippen molar-refractivity contribution >= 4 is 17.4 Å². The summed E-state index contributed by atoms with van der Waals surface area (Å²) >= 11 is 5.68. The van der Waals surface area contributed by atoms with E-state index in [1.165, 1.54) is 0 Å². The number of nitrogens with zero attached hydrogens (tertiary/aromatic N) is 2. The third-order valence-electron chi connectivity index (χ3n) is 2.68. The summed E-state index contributed by atoms with van der Waals surface area (Å²) in [6.45, 7) is 4.12. The first-order chi connectivity index (χ1) is 7.15. The zero-order valence-electron chi connectivity index (χ0n) is 9.00. The molecule has 0 bridgehead atoms. The molecule has 2 N–H and O–H groups in total. The van der Waals surface area contributed by atoms with Gasteiger partial charge in [0.15, 0.2) is 0 Å². The van der Waals surface area contributed by atoms with E-state index in [2.05, 4.69) is 15.3 Å². The van der Waals surface area contributed by atoms with E-state index in [9.17, 15) is 5.11 Å². The van der Waals surface area contributed by atoms with Gasteiger partial charge in [0, 0.05) is 6.20 Å². The molecule has 1 aromatic rings. The summed E-state index contributed by atoms with van der Waals surface area (Å²) in [7, 11) is 0. The maximum Gasteiger partial charge on any atom is 0.224 e. The number of aliphatic hydroxyl groups excluding tert-OH is 1. The van der Waals surface area contributed by atoms with Crippen LogP contribution in [-0.2, 0) is 0 Å². The molecule has 0 aliphatic heterocycles. The van der Waals surface area contributed by atoms with Gasteiger partial charge in [-0.25, -0.2) is 9.97 Å². The van der Waals surface area contributed by atoms with Gasteiger partial charge < -0.3 is 10.4 Å². The lowest BCUT2D eigenvalue weighted by Gasteiger charge is -2.31. The van der Waals surface area contributed by atoms with Gasteiger partial charge in [0.2, 0.25) is 5.28 Å². The van der Waals surface area contributed by atoms with Crippen molar-refractivity contribution in [3.05, 3.63) is 17.5 Å². The number of hydrogen-bond donors (Lipinski definition) is 2. The van der Waals surface area contributed by atoms with Gasteiger partial charge in [0.25, 0.3) is 0 Å². The summed E-state index contributed by atoms with van der Waals surface area (Å²) in [6.07, 6.45) is 3.23. The second kappa shape index (κ2) is 5.28. The fraction of sp³-hybridized carbons (Fsp3) is 0.600. The Bertz CT molecular complexity index is 307. The summed E-state index contributed by atoms with van der Waals surface area (Å²) < 4.78 is 0. The zero-order chi connectivity index (χ0) is 11.3. The van der Waals surface area contributed by atoms with E-state index in [-0.39, 0.29) is 17.4 Å². The minimum Gasteiger partial charge on any atom is -0.394 e. The molecule has 4 nitrogen and oxygen atoms in total. The molecule has 0 unspecified atom stereocenters. The van der Waals surface area contributed by atoms with Crippen LogP contribution in [0.15, 0.2) is 12.3 Å². The largest absolute Gasteiger partial charge is 0.394 e. The molecule has 84 valence electrons. The normalized spacial score (nSPS) is 11.5. The number of aliphatic hydroxyl groups is 1. The van der Waals surface area contributed by atoms with Crippen LogP contribution in [0.25, 0.3) is 0 Å². The molecule has 5 heteroatoms. The number of nitrogens with one attached hydrogen (secondary N) is 1. The SMILES string of the molecule is CCC(CC)(CO)Nc1ccnc(Cl)n1. The Kier molecular flexibility index (Phi) is 4.29. The Labute approximate surface area is 94.7 Å². The third-order valence-corrected chi connectivity index (χ3v) is 2.86. The lowest BCUT2D eigenvalue weighted by Crippen LogP contribution is -2.41. The molecular formula is C10H16ClN3O. The van der Waals surface area contributed by atoms with E-state index in [0.29, 0.717) is 5.82 Å². The van der Waals surface area contributed by atoms with Gasteiger partial charge in [-0.15, -0.1) is 0 Å². The van der Waals surface area contributed by atoms with E-state index in [1.807, 2.05) is 13.8 Å². The highest BCUT2D eigenvalue weighted by Gasteiger charge is 2.25. The molecule has 0 aliphatic rings. The molecule has 15 heavy (non-hydrogen) atoms. The highest BCUT2D eigenvalue weighted by molar-refractivity contribution is 6.28. The molecule has 0 spiro atoms. The van der Waals surface area contributed by atoms with Crippen molar-refractivity contribution in [3.8, 4) is 0 Å². The third kappa shape index (κ3) is 3.04. The molecule has 0 atom stereocenters. The maximum atomic E-state index is 9.37. The molecule has 0 saturated heterocycles. The lowest BCUT2D eigenvalue weighted by molar-refractivity contribution is 0.202. The highest BCUT2D eigenvalue weighted by Crippen LogP contribution is 2.20. The Hall–Kier alpha value is -0.870. The van der Waals surface area contributed by atoms with Crippen molar-refractivity contribution in [2.45, 2.75) is 32.2 Å². The van der Waals surface area contributed by atoms with Crippen LogP contribution < -0.4 is 5.32 Å². The van der Waals surface area contributed by atoms with Gasteiger partial charge in [-0.1, -0.05) is 13.8 Å². The minimum absolute atomic E-state index is 0.0711. The Morgan fingerprint density at radius 3 is 2.60 bits per heavy atom. The lowest BCUT2D eigenvalue weighted by atomic mass is 9.94. The molecular weight excluding hydrogens is 214 g/mol. The van der Waals surface area contributed by atoms with E-state index < -0.39 is 0 Å². The van der Waals surface area contributed by atoms with Gasteiger partial charge in [-0.05, 0) is 30.5 Å². The van der Waals surface area contributed by atoms with Crippen LogP contribution in [0.2, 0.25) is 5.28 Å². The van der Waals surface area contributed by atoms with E-state index >= 15 is 0 Å². The molecule has 0 radical (unpaired) electrons. The number of halogens is 1. The van der Waals surface area contributed by atoms with Crippen LogP contribution in [0.5, 0.6) is 0 Å². The van der Waals surface area contributed by atoms with Crippen LogP contribution in [0.3, 0.4) is 0 Å². The van der Waals surface area contributed by atoms with Gasteiger partial charge in [-0.2, -0.15) is 0 Å². The number of hydrogen-bond acceptors (Lipinski definition) is 4. The maximum absolute atomic E-state index is 9.37. The van der Waals surface area contributed by atoms with Crippen LogP contribution in [-0.4, -0.2) is 27.2 Å². The summed E-state index contributed by atoms with van der Waals surface area (Å²) in [6, 6.07) is 1.74. The molecule has 0 aliphatic carbocycles. The average molecular weight is 230 g/mol. The second-order valence-corrected chi connectivity index (χ2v) is 3.82. The van der Waals surface area contributed by atoms with Gasteiger partial charge >= 0.3 is 0 Å². The number of aromatic nitrogens is 2. The fourth-order valence-corrected chi connectivity index (χ4v) is 1.51. The first kappa shape index (κ1) is 12.2. The van der Waals surface area contributed by atoms with Crippen LogP contribution in [0, 0.1) is 0 Å². The van der Waals surface area contributed by atoms with Crippen LogP contribution in [0.1, 0.15) is 26.7 Å². The number of rotatable bonds is 5. The Balaban J connectivity index is 2.82. The van der Waals surface area contributed by atoms with Crippen molar-refractivity contribution in [2.75, 3.05) is 11.9 Å². The first-order valence-electron chi connectivity index (χ1n) is 5.03. The Morgan fingerprint density at radius 2 is 2.13 bits per heavy atom. The van der Waals surface area contributed by atoms with Crippen molar-refractivity contribution < 1.29 is 5.11 Å². The molecule has 0 amide bonds. The standard InChI is InChI=1S/C10H16ClN3O/c1-3-10(4-2,7-15)14-8-5-6-12-9(11)13-8/h5-6,15H,3-4,7H2,1-2H3,(H,12,13,14). The van der Waals surface area contributed by atoms with Crippen molar-refractivity contribution in [3.63, 3.8) is 0 Å². The molecule has 1 aromatic heterocycles. The predicted octanol–water partition coefficient (Wildman–Crippen LogP) is 2.09. The van der Waals surface area contributed by atoms with Gasteiger partial charge in [0.1, 0.15) is 5.82 Å². The Morgan fingerprint density at radius 1 is 1.47 bits per heavy atom. The van der Waals surface area contributed by atoms with E-state index in [1.54, 1.807) is 12.3 Å². The van der Waals surface area contributed by atoms with E-state index in [4.69, 9.17) is 11.6 Å². The summed E-state index contributed by atoms with van der Waals surface area (Å²) in [4.78, 5) is 7.83.